The van der Waals surface area contributed by atoms with Crippen molar-refractivity contribution in [1.82, 2.24) is 4.98 Å². The normalized spacial score (nSPS) is 10.3. The molecule has 0 radical (unpaired) electrons. The van der Waals surface area contributed by atoms with Gasteiger partial charge in [0.15, 0.2) is 5.78 Å². The van der Waals surface area contributed by atoms with Crippen LogP contribution in [0.25, 0.3) is 10.9 Å². The van der Waals surface area contributed by atoms with E-state index in [0.717, 1.165) is 22.0 Å². The Hall–Kier alpha value is -1.96. The Morgan fingerprint density at radius 2 is 2.12 bits per heavy atom. The van der Waals surface area contributed by atoms with Gasteiger partial charge in [-0.15, -0.1) is 0 Å². The molecule has 2 nitrogen and oxygen atoms in total. The van der Waals surface area contributed by atoms with Crippen LogP contribution in [0.3, 0.4) is 0 Å². The molecular weight excluding hydrogens is 198 g/mol. The summed E-state index contributed by atoms with van der Waals surface area (Å²) >= 11 is 0. The Balaban J connectivity index is 2.52. The average Bonchev–Trinajstić information content (AvgIpc) is 2.27. The fourth-order valence-corrected chi connectivity index (χ4v) is 1.72. The van der Waals surface area contributed by atoms with Gasteiger partial charge in [0.1, 0.15) is 0 Å². The Morgan fingerprint density at radius 1 is 1.31 bits per heavy atom. The summed E-state index contributed by atoms with van der Waals surface area (Å²) in [4.78, 5) is 16.2. The Kier molecular flexibility index (Phi) is 2.82. The van der Waals surface area contributed by atoms with Gasteiger partial charge in [0.25, 0.3) is 0 Å². The van der Waals surface area contributed by atoms with E-state index in [4.69, 9.17) is 0 Å². The molecule has 80 valence electrons. The maximum absolute atomic E-state index is 12.0. The molecule has 1 aromatic heterocycles. The second-order valence-corrected chi connectivity index (χ2v) is 3.93. The molecule has 0 amide bonds. The average molecular weight is 211 g/mol. The summed E-state index contributed by atoms with van der Waals surface area (Å²) in [7, 11) is 0. The molecule has 0 spiro atoms. The van der Waals surface area contributed by atoms with Crippen LogP contribution in [0.5, 0.6) is 0 Å². The van der Waals surface area contributed by atoms with Gasteiger partial charge in [0, 0.05) is 23.6 Å². The standard InChI is InChI=1S/C14H13NO/c1-10(2)9-14(16)12-5-3-7-13-11(12)6-4-8-15-13/h3-8H,1,9H2,2H3. The smallest absolute Gasteiger partial charge is 0.167 e. The Bertz CT molecular complexity index is 552. The first kappa shape index (κ1) is 10.6. The number of allylic oxidation sites excluding steroid dienone is 1. The van der Waals surface area contributed by atoms with Crippen molar-refractivity contribution in [2.45, 2.75) is 13.3 Å². The molecule has 0 saturated heterocycles. The van der Waals surface area contributed by atoms with Crippen LogP contribution in [0, 0.1) is 0 Å². The number of rotatable bonds is 3. The largest absolute Gasteiger partial charge is 0.294 e. The lowest BCUT2D eigenvalue weighted by Crippen LogP contribution is -2.00. The number of fused-ring (bicyclic) bond motifs is 1. The highest BCUT2D eigenvalue weighted by Gasteiger charge is 2.09. The third kappa shape index (κ3) is 2.01. The molecule has 0 saturated carbocycles. The van der Waals surface area contributed by atoms with E-state index >= 15 is 0 Å². The van der Waals surface area contributed by atoms with Gasteiger partial charge < -0.3 is 0 Å². The van der Waals surface area contributed by atoms with Crippen LogP contribution >= 0.6 is 0 Å². The number of ketones is 1. The molecule has 2 aromatic rings. The predicted molar refractivity (Wildman–Crippen MR) is 65.5 cm³/mol. The molecule has 2 heteroatoms. The maximum Gasteiger partial charge on any atom is 0.167 e. The molecule has 2 rings (SSSR count). The lowest BCUT2D eigenvalue weighted by atomic mass is 10.0. The van der Waals surface area contributed by atoms with E-state index in [1.165, 1.54) is 0 Å². The monoisotopic (exact) mass is 211 g/mol. The Morgan fingerprint density at radius 3 is 2.88 bits per heavy atom. The maximum atomic E-state index is 12.0. The summed E-state index contributed by atoms with van der Waals surface area (Å²) in [6.07, 6.45) is 2.13. The summed E-state index contributed by atoms with van der Waals surface area (Å²) in [6.45, 7) is 5.63. The summed E-state index contributed by atoms with van der Waals surface area (Å²) in [5.74, 6) is 0.103. The van der Waals surface area contributed by atoms with Crippen LogP contribution in [0.2, 0.25) is 0 Å². The van der Waals surface area contributed by atoms with Gasteiger partial charge in [-0.1, -0.05) is 30.4 Å². The van der Waals surface area contributed by atoms with Crippen molar-refractivity contribution in [3.05, 3.63) is 54.2 Å². The number of Topliss-reactive ketones (excluding diaryl/α,β-unsaturated/α-hetero) is 1. The Labute approximate surface area is 94.6 Å². The fourth-order valence-electron chi connectivity index (χ4n) is 1.72. The molecule has 0 N–H and O–H groups in total. The SMILES string of the molecule is C=C(C)CC(=O)c1cccc2ncccc12. The van der Waals surface area contributed by atoms with E-state index in [0.29, 0.717) is 6.42 Å². The summed E-state index contributed by atoms with van der Waals surface area (Å²) in [5, 5.41) is 0.913. The van der Waals surface area contributed by atoms with Gasteiger partial charge in [0.2, 0.25) is 0 Å². The van der Waals surface area contributed by atoms with Crippen molar-refractivity contribution in [2.75, 3.05) is 0 Å². The zero-order valence-electron chi connectivity index (χ0n) is 9.23. The van der Waals surface area contributed by atoms with Crippen LogP contribution in [-0.4, -0.2) is 10.8 Å². The van der Waals surface area contributed by atoms with E-state index in [9.17, 15) is 4.79 Å². The lowest BCUT2D eigenvalue weighted by Gasteiger charge is -2.04. The fraction of sp³-hybridized carbons (Fsp3) is 0.143. The minimum Gasteiger partial charge on any atom is -0.294 e. The van der Waals surface area contributed by atoms with Crippen molar-refractivity contribution < 1.29 is 4.79 Å². The molecule has 1 aromatic carbocycles. The van der Waals surface area contributed by atoms with E-state index in [2.05, 4.69) is 11.6 Å². The van der Waals surface area contributed by atoms with Gasteiger partial charge in [-0.25, -0.2) is 0 Å². The molecule has 0 aliphatic rings. The quantitative estimate of drug-likeness (QED) is 0.575. The van der Waals surface area contributed by atoms with Crippen molar-refractivity contribution >= 4 is 16.7 Å². The molecule has 0 bridgehead atoms. The number of carbonyl (C=O) groups is 1. The molecular formula is C14H13NO. The van der Waals surface area contributed by atoms with Crippen molar-refractivity contribution in [1.29, 1.82) is 0 Å². The molecule has 0 atom stereocenters. The van der Waals surface area contributed by atoms with E-state index in [1.54, 1.807) is 6.20 Å². The van der Waals surface area contributed by atoms with Crippen LogP contribution in [-0.2, 0) is 0 Å². The minimum absolute atomic E-state index is 0.103. The van der Waals surface area contributed by atoms with Gasteiger partial charge in [-0.2, -0.15) is 0 Å². The summed E-state index contributed by atoms with van der Waals surface area (Å²) < 4.78 is 0. The second-order valence-electron chi connectivity index (χ2n) is 3.93. The zero-order valence-corrected chi connectivity index (χ0v) is 9.23. The number of nitrogens with zero attached hydrogens (tertiary/aromatic N) is 1. The van der Waals surface area contributed by atoms with Gasteiger partial charge in [0.05, 0.1) is 5.52 Å². The van der Waals surface area contributed by atoms with Crippen molar-refractivity contribution in [2.24, 2.45) is 0 Å². The highest BCUT2D eigenvalue weighted by atomic mass is 16.1. The number of hydrogen-bond acceptors (Lipinski definition) is 2. The number of hydrogen-bond donors (Lipinski definition) is 0. The lowest BCUT2D eigenvalue weighted by molar-refractivity contribution is 0.0994. The number of pyridine rings is 1. The minimum atomic E-state index is 0.103. The second kappa shape index (κ2) is 4.27. The first-order chi connectivity index (χ1) is 7.68. The number of aromatic nitrogens is 1. The summed E-state index contributed by atoms with van der Waals surface area (Å²) in [5.41, 5.74) is 2.47. The van der Waals surface area contributed by atoms with Gasteiger partial charge in [-0.05, 0) is 19.1 Å². The van der Waals surface area contributed by atoms with Gasteiger partial charge >= 0.3 is 0 Å². The highest BCUT2D eigenvalue weighted by Crippen LogP contribution is 2.18. The molecule has 0 unspecified atom stereocenters. The van der Waals surface area contributed by atoms with Crippen LogP contribution < -0.4 is 0 Å². The first-order valence-corrected chi connectivity index (χ1v) is 5.20. The zero-order chi connectivity index (χ0) is 11.5. The van der Waals surface area contributed by atoms with Crippen LogP contribution in [0.4, 0.5) is 0 Å². The number of benzene rings is 1. The third-order valence-corrected chi connectivity index (χ3v) is 2.41. The topological polar surface area (TPSA) is 30.0 Å². The molecule has 0 aliphatic carbocycles. The van der Waals surface area contributed by atoms with Crippen molar-refractivity contribution in [3.8, 4) is 0 Å². The van der Waals surface area contributed by atoms with E-state index in [-0.39, 0.29) is 5.78 Å². The molecule has 0 aliphatic heterocycles. The molecule has 16 heavy (non-hydrogen) atoms. The number of carbonyl (C=O) groups excluding carboxylic acids is 1. The van der Waals surface area contributed by atoms with Crippen LogP contribution in [0.1, 0.15) is 23.7 Å². The van der Waals surface area contributed by atoms with E-state index in [1.807, 2.05) is 37.3 Å². The van der Waals surface area contributed by atoms with Crippen LogP contribution in [0.15, 0.2) is 48.7 Å². The first-order valence-electron chi connectivity index (χ1n) is 5.20. The summed E-state index contributed by atoms with van der Waals surface area (Å²) in [6, 6.07) is 9.39. The van der Waals surface area contributed by atoms with E-state index < -0.39 is 0 Å². The van der Waals surface area contributed by atoms with Gasteiger partial charge in [-0.3, -0.25) is 9.78 Å². The third-order valence-electron chi connectivity index (χ3n) is 2.41. The highest BCUT2D eigenvalue weighted by molar-refractivity contribution is 6.08. The molecule has 1 heterocycles. The molecule has 0 fully saturated rings. The van der Waals surface area contributed by atoms with Crippen molar-refractivity contribution in [3.63, 3.8) is 0 Å². The predicted octanol–water partition coefficient (Wildman–Crippen LogP) is 3.38.